The predicted molar refractivity (Wildman–Crippen MR) is 61.6 cm³/mol. The molecular formula is C11H19N3O2. The Morgan fingerprint density at radius 2 is 2.12 bits per heavy atom. The summed E-state index contributed by atoms with van der Waals surface area (Å²) in [5.41, 5.74) is 5.39. The van der Waals surface area contributed by atoms with Crippen LogP contribution in [0.25, 0.3) is 0 Å². The third-order valence-corrected chi connectivity index (χ3v) is 1.54. The molecule has 90 valence electrons. The lowest BCUT2D eigenvalue weighted by molar-refractivity contribution is 0.207. The van der Waals surface area contributed by atoms with E-state index in [1.165, 1.54) is 0 Å². The van der Waals surface area contributed by atoms with Crippen molar-refractivity contribution in [2.75, 3.05) is 6.61 Å². The van der Waals surface area contributed by atoms with E-state index in [1.807, 2.05) is 27.7 Å². The summed E-state index contributed by atoms with van der Waals surface area (Å²) in [6.07, 6.45) is 1.68. The van der Waals surface area contributed by atoms with Gasteiger partial charge in [0.25, 0.3) is 0 Å². The van der Waals surface area contributed by atoms with Gasteiger partial charge < -0.3 is 15.2 Å². The minimum atomic E-state index is -0.404. The van der Waals surface area contributed by atoms with Gasteiger partial charge >= 0.3 is 6.01 Å². The van der Waals surface area contributed by atoms with Crippen LogP contribution in [-0.2, 0) is 0 Å². The van der Waals surface area contributed by atoms with Crippen LogP contribution in [0.4, 0.5) is 0 Å². The van der Waals surface area contributed by atoms with Crippen LogP contribution in [0.1, 0.15) is 27.7 Å². The molecule has 1 heterocycles. The number of hydrogen-bond acceptors (Lipinski definition) is 5. The highest BCUT2D eigenvalue weighted by atomic mass is 16.5. The Morgan fingerprint density at radius 3 is 2.69 bits per heavy atom. The fourth-order valence-electron chi connectivity index (χ4n) is 0.952. The Labute approximate surface area is 96.0 Å². The molecule has 0 atom stereocenters. The fraction of sp³-hybridized carbons (Fsp3) is 0.636. The zero-order valence-electron chi connectivity index (χ0n) is 10.2. The molecule has 0 spiro atoms. The molecule has 0 unspecified atom stereocenters. The average molecular weight is 225 g/mol. The quantitative estimate of drug-likeness (QED) is 0.819. The van der Waals surface area contributed by atoms with Gasteiger partial charge in [-0.05, 0) is 27.7 Å². The first-order valence-corrected chi connectivity index (χ1v) is 5.28. The van der Waals surface area contributed by atoms with Crippen LogP contribution in [0.3, 0.4) is 0 Å². The maximum atomic E-state index is 5.79. The molecule has 16 heavy (non-hydrogen) atoms. The van der Waals surface area contributed by atoms with Crippen molar-refractivity contribution in [1.29, 1.82) is 0 Å². The number of hydrogen-bond donors (Lipinski definition) is 1. The Bertz CT molecular complexity index is 334. The highest BCUT2D eigenvalue weighted by molar-refractivity contribution is 5.11. The van der Waals surface area contributed by atoms with Crippen molar-refractivity contribution in [1.82, 2.24) is 9.97 Å². The molecule has 0 bridgehead atoms. The van der Waals surface area contributed by atoms with Gasteiger partial charge in [-0.1, -0.05) is 0 Å². The summed E-state index contributed by atoms with van der Waals surface area (Å²) in [4.78, 5) is 8.09. The lowest BCUT2D eigenvalue weighted by Crippen LogP contribution is -2.39. The van der Waals surface area contributed by atoms with Crippen molar-refractivity contribution in [2.45, 2.75) is 39.3 Å². The maximum absolute atomic E-state index is 5.79. The Kier molecular flexibility index (Phi) is 4.06. The zero-order valence-corrected chi connectivity index (χ0v) is 10.2. The maximum Gasteiger partial charge on any atom is 0.319 e. The standard InChI is InChI=1S/C11H19N3O2/c1-8(2)16-9-5-6-13-10(14-9)15-7-11(3,4)12/h5-6,8H,7,12H2,1-4H3. The van der Waals surface area contributed by atoms with E-state index in [-0.39, 0.29) is 12.1 Å². The van der Waals surface area contributed by atoms with Crippen LogP contribution in [0.15, 0.2) is 12.3 Å². The number of ether oxygens (including phenoxy) is 2. The summed E-state index contributed by atoms with van der Waals surface area (Å²) in [7, 11) is 0. The van der Waals surface area contributed by atoms with E-state index in [2.05, 4.69) is 9.97 Å². The van der Waals surface area contributed by atoms with Crippen LogP contribution in [0.2, 0.25) is 0 Å². The van der Waals surface area contributed by atoms with Gasteiger partial charge in [0, 0.05) is 17.8 Å². The fourth-order valence-corrected chi connectivity index (χ4v) is 0.952. The average Bonchev–Trinajstić information content (AvgIpc) is 2.13. The van der Waals surface area contributed by atoms with Gasteiger partial charge in [0.2, 0.25) is 5.88 Å². The molecule has 0 fully saturated rings. The Balaban J connectivity index is 2.60. The zero-order chi connectivity index (χ0) is 12.2. The van der Waals surface area contributed by atoms with Gasteiger partial charge in [-0.25, -0.2) is 4.98 Å². The Hall–Kier alpha value is -1.36. The van der Waals surface area contributed by atoms with Crippen LogP contribution in [0, 0.1) is 0 Å². The molecule has 0 saturated heterocycles. The van der Waals surface area contributed by atoms with Crippen LogP contribution < -0.4 is 15.2 Å². The summed E-state index contributed by atoms with van der Waals surface area (Å²) in [5.74, 6) is 0.509. The first kappa shape index (κ1) is 12.7. The molecule has 1 rings (SSSR count). The van der Waals surface area contributed by atoms with Gasteiger partial charge in [0.15, 0.2) is 0 Å². The minimum absolute atomic E-state index is 0.0775. The minimum Gasteiger partial charge on any atom is -0.475 e. The molecule has 0 radical (unpaired) electrons. The summed E-state index contributed by atoms with van der Waals surface area (Å²) < 4.78 is 10.8. The Morgan fingerprint density at radius 1 is 1.44 bits per heavy atom. The third kappa shape index (κ3) is 4.93. The van der Waals surface area contributed by atoms with Crippen molar-refractivity contribution in [3.63, 3.8) is 0 Å². The van der Waals surface area contributed by atoms with Gasteiger partial charge in [-0.2, -0.15) is 4.98 Å². The van der Waals surface area contributed by atoms with Crippen molar-refractivity contribution < 1.29 is 9.47 Å². The normalized spacial score (nSPS) is 11.6. The molecule has 0 aliphatic rings. The smallest absolute Gasteiger partial charge is 0.319 e. The van der Waals surface area contributed by atoms with Crippen LogP contribution >= 0.6 is 0 Å². The molecule has 0 aliphatic carbocycles. The van der Waals surface area contributed by atoms with Crippen molar-refractivity contribution in [2.24, 2.45) is 5.73 Å². The van der Waals surface area contributed by atoms with Crippen LogP contribution in [-0.4, -0.2) is 28.2 Å². The second-order valence-corrected chi connectivity index (χ2v) is 4.62. The summed E-state index contributed by atoms with van der Waals surface area (Å²) in [5, 5.41) is 0. The topological polar surface area (TPSA) is 70.3 Å². The number of nitrogens with two attached hydrogens (primary N) is 1. The second-order valence-electron chi connectivity index (χ2n) is 4.62. The molecule has 2 N–H and O–H groups in total. The first-order chi connectivity index (χ1) is 7.37. The SMILES string of the molecule is CC(C)Oc1ccnc(OCC(C)(C)N)n1. The van der Waals surface area contributed by atoms with E-state index in [9.17, 15) is 0 Å². The van der Waals surface area contributed by atoms with E-state index in [1.54, 1.807) is 12.3 Å². The van der Waals surface area contributed by atoms with Gasteiger partial charge in [-0.3, -0.25) is 0 Å². The predicted octanol–water partition coefficient (Wildman–Crippen LogP) is 1.38. The molecule has 5 heteroatoms. The first-order valence-electron chi connectivity index (χ1n) is 5.28. The molecule has 0 saturated carbocycles. The van der Waals surface area contributed by atoms with E-state index in [0.717, 1.165) is 0 Å². The lowest BCUT2D eigenvalue weighted by atomic mass is 10.1. The van der Waals surface area contributed by atoms with Crippen LogP contribution in [0.5, 0.6) is 11.9 Å². The summed E-state index contributed by atoms with van der Waals surface area (Å²) in [6.45, 7) is 7.98. The highest BCUT2D eigenvalue weighted by Crippen LogP contribution is 2.12. The van der Waals surface area contributed by atoms with E-state index in [0.29, 0.717) is 12.5 Å². The molecular weight excluding hydrogens is 206 g/mol. The molecule has 0 aliphatic heterocycles. The van der Waals surface area contributed by atoms with Gasteiger partial charge in [0.05, 0.1) is 6.10 Å². The van der Waals surface area contributed by atoms with Crippen molar-refractivity contribution >= 4 is 0 Å². The number of rotatable bonds is 5. The van der Waals surface area contributed by atoms with Crippen molar-refractivity contribution in [3.05, 3.63) is 12.3 Å². The monoisotopic (exact) mass is 225 g/mol. The summed E-state index contributed by atoms with van der Waals surface area (Å²) in [6, 6.07) is 1.98. The molecule has 1 aromatic heterocycles. The lowest BCUT2D eigenvalue weighted by Gasteiger charge is -2.18. The molecule has 0 amide bonds. The number of aromatic nitrogens is 2. The summed E-state index contributed by atoms with van der Waals surface area (Å²) >= 11 is 0. The van der Waals surface area contributed by atoms with E-state index >= 15 is 0 Å². The van der Waals surface area contributed by atoms with Gasteiger partial charge in [-0.15, -0.1) is 0 Å². The molecule has 0 aromatic carbocycles. The van der Waals surface area contributed by atoms with E-state index < -0.39 is 5.54 Å². The molecule has 1 aromatic rings. The third-order valence-electron chi connectivity index (χ3n) is 1.54. The number of nitrogens with zero attached hydrogens (tertiary/aromatic N) is 2. The largest absolute Gasteiger partial charge is 0.475 e. The molecule has 5 nitrogen and oxygen atoms in total. The second kappa shape index (κ2) is 5.12. The van der Waals surface area contributed by atoms with E-state index in [4.69, 9.17) is 15.2 Å². The highest BCUT2D eigenvalue weighted by Gasteiger charge is 2.12. The van der Waals surface area contributed by atoms with Crippen molar-refractivity contribution in [3.8, 4) is 11.9 Å². The van der Waals surface area contributed by atoms with Gasteiger partial charge in [0.1, 0.15) is 6.61 Å².